The lowest BCUT2D eigenvalue weighted by Crippen LogP contribution is -2.55. The zero-order chi connectivity index (χ0) is 19.8. The Morgan fingerprint density at radius 2 is 1.64 bits per heavy atom. The molecular weight excluding hydrogens is 336 g/mol. The molecule has 0 aromatic carbocycles. The van der Waals surface area contributed by atoms with Crippen molar-refractivity contribution in [3.8, 4) is 0 Å². The van der Waals surface area contributed by atoms with Gasteiger partial charge in [0.05, 0.1) is 6.61 Å². The highest BCUT2D eigenvalue weighted by Gasteiger charge is 2.37. The summed E-state index contributed by atoms with van der Waals surface area (Å²) in [6, 6.07) is -0.715. The van der Waals surface area contributed by atoms with E-state index in [4.69, 9.17) is 35.0 Å². The van der Waals surface area contributed by atoms with E-state index in [1.54, 1.807) is 27.7 Å². The van der Waals surface area contributed by atoms with E-state index < -0.39 is 29.7 Å². The highest BCUT2D eigenvalue weighted by atomic mass is 16.6. The van der Waals surface area contributed by atoms with Crippen LogP contribution in [0.25, 0.3) is 0 Å². The number of hydrogen-bond acceptors (Lipinski definition) is 7. The molecule has 0 aliphatic carbocycles. The van der Waals surface area contributed by atoms with Crippen LogP contribution in [0.3, 0.4) is 0 Å². The molecule has 2 atom stereocenters. The SMILES string of the molecule is CCOC(=O)[C@@H]1CC[C@H](N)CN1C(=O)OC(C)(C)C.O=C(O)C(=O)O. The Kier molecular flexibility index (Phi) is 8.89. The Hall–Kier alpha value is -2.36. The minimum atomic E-state index is -1.82. The predicted octanol–water partition coefficient (Wildman–Crippen LogP) is 0.432. The van der Waals surface area contributed by atoms with Crippen LogP contribution in [0.2, 0.25) is 0 Å². The van der Waals surface area contributed by atoms with Crippen LogP contribution in [-0.2, 0) is 23.9 Å². The Bertz CT molecular complexity index is 488. The van der Waals surface area contributed by atoms with Gasteiger partial charge in [0.25, 0.3) is 0 Å². The molecule has 10 heteroatoms. The van der Waals surface area contributed by atoms with Crippen molar-refractivity contribution < 1.29 is 38.9 Å². The number of carbonyl (C=O) groups is 4. The van der Waals surface area contributed by atoms with Crippen molar-refractivity contribution in [3.05, 3.63) is 0 Å². The van der Waals surface area contributed by atoms with Crippen molar-refractivity contribution in [3.63, 3.8) is 0 Å². The number of rotatable bonds is 2. The molecule has 0 saturated carbocycles. The Morgan fingerprint density at radius 1 is 1.12 bits per heavy atom. The molecule has 144 valence electrons. The largest absolute Gasteiger partial charge is 0.473 e. The lowest BCUT2D eigenvalue weighted by atomic mass is 9.99. The summed E-state index contributed by atoms with van der Waals surface area (Å²) in [5.41, 5.74) is 5.26. The van der Waals surface area contributed by atoms with Crippen LogP contribution in [0.1, 0.15) is 40.5 Å². The summed E-state index contributed by atoms with van der Waals surface area (Å²) in [5, 5.41) is 14.8. The summed E-state index contributed by atoms with van der Waals surface area (Å²) in [7, 11) is 0. The van der Waals surface area contributed by atoms with E-state index in [-0.39, 0.29) is 12.0 Å². The molecular formula is C15H26N2O8. The van der Waals surface area contributed by atoms with Crippen LogP contribution in [0.15, 0.2) is 0 Å². The minimum Gasteiger partial charge on any atom is -0.473 e. The topological polar surface area (TPSA) is 156 Å². The first-order valence-corrected chi connectivity index (χ1v) is 7.77. The number of likely N-dealkylation sites (tertiary alicyclic amines) is 1. The van der Waals surface area contributed by atoms with Gasteiger partial charge in [-0.05, 0) is 40.5 Å². The second-order valence-corrected chi connectivity index (χ2v) is 6.35. The van der Waals surface area contributed by atoms with Gasteiger partial charge in [0.15, 0.2) is 0 Å². The van der Waals surface area contributed by atoms with Crippen molar-refractivity contribution in [1.82, 2.24) is 4.90 Å². The van der Waals surface area contributed by atoms with Crippen molar-refractivity contribution in [2.45, 2.75) is 58.2 Å². The number of nitrogens with zero attached hydrogens (tertiary/aromatic N) is 1. The van der Waals surface area contributed by atoms with Crippen molar-refractivity contribution in [1.29, 1.82) is 0 Å². The minimum absolute atomic E-state index is 0.127. The average molecular weight is 362 g/mol. The van der Waals surface area contributed by atoms with Crippen LogP contribution in [-0.4, -0.2) is 70.0 Å². The fraction of sp³-hybridized carbons (Fsp3) is 0.733. The number of ether oxygens (including phenoxy) is 2. The molecule has 1 rings (SSSR count). The number of carboxylic acids is 2. The fourth-order valence-electron chi connectivity index (χ4n) is 2.00. The van der Waals surface area contributed by atoms with Gasteiger partial charge in [0.1, 0.15) is 11.6 Å². The zero-order valence-electron chi connectivity index (χ0n) is 14.9. The fourth-order valence-corrected chi connectivity index (χ4v) is 2.00. The number of piperidine rings is 1. The van der Waals surface area contributed by atoms with Crippen LogP contribution in [0.5, 0.6) is 0 Å². The highest BCUT2D eigenvalue weighted by molar-refractivity contribution is 6.27. The van der Waals surface area contributed by atoms with Gasteiger partial charge in [0, 0.05) is 12.6 Å². The summed E-state index contributed by atoms with van der Waals surface area (Å²) in [6.07, 6.45) is 0.697. The monoisotopic (exact) mass is 362 g/mol. The number of carboxylic acid groups (broad SMARTS) is 2. The van der Waals surface area contributed by atoms with E-state index in [0.717, 1.165) is 0 Å². The summed E-state index contributed by atoms with van der Waals surface area (Å²) in [6.45, 7) is 7.71. The molecule has 25 heavy (non-hydrogen) atoms. The third-order valence-corrected chi connectivity index (χ3v) is 2.99. The van der Waals surface area contributed by atoms with Crippen LogP contribution >= 0.6 is 0 Å². The van der Waals surface area contributed by atoms with E-state index >= 15 is 0 Å². The Balaban J connectivity index is 0.000000823. The predicted molar refractivity (Wildman–Crippen MR) is 85.8 cm³/mol. The van der Waals surface area contributed by atoms with Crippen molar-refractivity contribution in [2.75, 3.05) is 13.2 Å². The Labute approximate surface area is 145 Å². The maximum atomic E-state index is 12.1. The van der Waals surface area contributed by atoms with Crippen molar-refractivity contribution >= 4 is 24.0 Å². The van der Waals surface area contributed by atoms with E-state index in [1.807, 2.05) is 0 Å². The maximum Gasteiger partial charge on any atom is 0.414 e. The third-order valence-electron chi connectivity index (χ3n) is 2.99. The van der Waals surface area contributed by atoms with Crippen LogP contribution < -0.4 is 5.73 Å². The normalized spacial score (nSPS) is 20.0. The molecule has 1 fully saturated rings. The molecule has 10 nitrogen and oxygen atoms in total. The molecule has 0 radical (unpaired) electrons. The Morgan fingerprint density at radius 3 is 2.04 bits per heavy atom. The first-order chi connectivity index (χ1) is 11.4. The molecule has 1 amide bonds. The van der Waals surface area contributed by atoms with Gasteiger partial charge in [-0.25, -0.2) is 19.2 Å². The van der Waals surface area contributed by atoms with Gasteiger partial charge < -0.3 is 25.4 Å². The van der Waals surface area contributed by atoms with E-state index in [1.165, 1.54) is 4.90 Å². The molecule has 1 heterocycles. The molecule has 0 aromatic rings. The number of carbonyl (C=O) groups excluding carboxylic acids is 2. The van der Waals surface area contributed by atoms with Crippen LogP contribution in [0.4, 0.5) is 4.79 Å². The summed E-state index contributed by atoms with van der Waals surface area (Å²) >= 11 is 0. The summed E-state index contributed by atoms with van der Waals surface area (Å²) in [5.74, 6) is -4.04. The lowest BCUT2D eigenvalue weighted by molar-refractivity contribution is -0.159. The molecule has 0 aromatic heterocycles. The number of esters is 1. The number of nitrogens with two attached hydrogens (primary N) is 1. The first kappa shape index (κ1) is 22.6. The molecule has 1 saturated heterocycles. The van der Waals surface area contributed by atoms with Crippen molar-refractivity contribution in [2.24, 2.45) is 5.73 Å². The molecule has 1 aliphatic rings. The smallest absolute Gasteiger partial charge is 0.414 e. The summed E-state index contributed by atoms with van der Waals surface area (Å²) in [4.78, 5) is 43.6. The number of hydrogen-bond donors (Lipinski definition) is 3. The third kappa shape index (κ3) is 8.89. The first-order valence-electron chi connectivity index (χ1n) is 7.77. The molecule has 1 aliphatic heterocycles. The van der Waals surface area contributed by atoms with E-state index in [9.17, 15) is 9.59 Å². The number of amides is 1. The zero-order valence-corrected chi connectivity index (χ0v) is 14.9. The van der Waals surface area contributed by atoms with E-state index in [2.05, 4.69) is 0 Å². The maximum absolute atomic E-state index is 12.1. The highest BCUT2D eigenvalue weighted by Crippen LogP contribution is 2.21. The standard InChI is InChI=1S/C13H24N2O4.C2H2O4/c1-5-18-11(16)10-7-6-9(14)8-15(10)12(17)19-13(2,3)4;3-1(4)2(5)6/h9-10H,5-8,14H2,1-4H3;(H,3,4)(H,5,6)/t9-,10-;/m0./s1. The number of aliphatic carboxylic acids is 2. The average Bonchev–Trinajstić information content (AvgIpc) is 2.46. The molecule has 0 bridgehead atoms. The van der Waals surface area contributed by atoms with Gasteiger partial charge >= 0.3 is 24.0 Å². The van der Waals surface area contributed by atoms with Gasteiger partial charge in [-0.2, -0.15) is 0 Å². The molecule has 0 spiro atoms. The quantitative estimate of drug-likeness (QED) is 0.468. The van der Waals surface area contributed by atoms with Gasteiger partial charge in [-0.1, -0.05) is 0 Å². The molecule has 0 unspecified atom stereocenters. The second-order valence-electron chi connectivity index (χ2n) is 6.35. The summed E-state index contributed by atoms with van der Waals surface area (Å²) < 4.78 is 10.3. The van der Waals surface area contributed by atoms with Gasteiger partial charge in [0.2, 0.25) is 0 Å². The van der Waals surface area contributed by atoms with Gasteiger partial charge in [-0.3, -0.25) is 4.90 Å². The lowest BCUT2D eigenvalue weighted by Gasteiger charge is -2.37. The second kappa shape index (κ2) is 9.82. The molecule has 4 N–H and O–H groups in total. The van der Waals surface area contributed by atoms with Crippen LogP contribution in [0, 0.1) is 0 Å². The van der Waals surface area contributed by atoms with Gasteiger partial charge in [-0.15, -0.1) is 0 Å². The van der Waals surface area contributed by atoms with E-state index in [0.29, 0.717) is 26.0 Å².